The molecule has 3 heteroatoms. The van der Waals surface area contributed by atoms with E-state index in [-0.39, 0.29) is 0 Å². The molecule has 2 nitrogen and oxygen atoms in total. The zero-order valence-electron chi connectivity index (χ0n) is 14.5. The van der Waals surface area contributed by atoms with Crippen LogP contribution in [-0.4, -0.2) is 4.98 Å². The largest absolute Gasteiger partial charge is 0.305 e. The fourth-order valence-electron chi connectivity index (χ4n) is 2.88. The van der Waals surface area contributed by atoms with Gasteiger partial charge in [0.2, 0.25) is 0 Å². The van der Waals surface area contributed by atoms with E-state index in [1.807, 2.05) is 0 Å². The number of aromatic nitrogens is 1. The maximum atomic E-state index is 4.77. The first-order valence-corrected chi connectivity index (χ1v) is 9.27. The molecule has 124 valence electrons. The Hall–Kier alpha value is -1.97. The number of nitrogens with one attached hydrogen (secondary N) is 1. The summed E-state index contributed by atoms with van der Waals surface area (Å²) in [6.07, 6.45) is 0.915. The van der Waals surface area contributed by atoms with Crippen molar-refractivity contribution in [3.63, 3.8) is 0 Å². The molecule has 0 saturated heterocycles. The summed E-state index contributed by atoms with van der Waals surface area (Å²) in [7, 11) is 0. The molecule has 0 fully saturated rings. The van der Waals surface area contributed by atoms with Crippen molar-refractivity contribution in [1.29, 1.82) is 0 Å². The average Bonchev–Trinajstić information content (AvgIpc) is 3.03. The van der Waals surface area contributed by atoms with Crippen molar-refractivity contribution in [1.82, 2.24) is 10.3 Å². The number of benzene rings is 2. The van der Waals surface area contributed by atoms with E-state index in [0.29, 0.717) is 6.04 Å². The molecule has 0 saturated carbocycles. The molecule has 0 aliphatic carbocycles. The van der Waals surface area contributed by atoms with E-state index in [1.165, 1.54) is 27.3 Å². The number of hydrogen-bond acceptors (Lipinski definition) is 3. The van der Waals surface area contributed by atoms with Crippen molar-refractivity contribution >= 4 is 11.3 Å². The second kappa shape index (κ2) is 7.73. The van der Waals surface area contributed by atoms with Gasteiger partial charge in [-0.3, -0.25) is 0 Å². The van der Waals surface area contributed by atoms with E-state index >= 15 is 0 Å². The van der Waals surface area contributed by atoms with Crippen molar-refractivity contribution < 1.29 is 0 Å². The summed E-state index contributed by atoms with van der Waals surface area (Å²) in [5.74, 6) is 0. The third-order valence-corrected chi connectivity index (χ3v) is 5.19. The van der Waals surface area contributed by atoms with Crippen molar-refractivity contribution in [3.05, 3.63) is 86.9 Å². The van der Waals surface area contributed by atoms with Gasteiger partial charge in [0.1, 0.15) is 0 Å². The first-order chi connectivity index (χ1) is 11.6. The highest BCUT2D eigenvalue weighted by atomic mass is 32.1. The first kappa shape index (κ1) is 16.9. The van der Waals surface area contributed by atoms with Crippen molar-refractivity contribution in [2.75, 3.05) is 0 Å². The summed E-state index contributed by atoms with van der Waals surface area (Å²) in [6.45, 7) is 7.35. The Kier molecular flexibility index (Phi) is 5.44. The van der Waals surface area contributed by atoms with Crippen molar-refractivity contribution in [3.8, 4) is 0 Å². The number of aryl methyl sites for hydroxylation is 2. The SMILES string of the molecule is Cc1ccc(C)c(C(C)NCc2csc(Cc3ccccc3)n2)c1. The smallest absolute Gasteiger partial charge is 0.0972 e. The molecule has 2 aromatic carbocycles. The van der Waals surface area contributed by atoms with E-state index in [9.17, 15) is 0 Å². The van der Waals surface area contributed by atoms with Crippen LogP contribution in [0.4, 0.5) is 0 Å². The molecule has 1 N–H and O–H groups in total. The molecule has 3 rings (SSSR count). The molecule has 0 amide bonds. The highest BCUT2D eigenvalue weighted by Crippen LogP contribution is 2.20. The second-order valence-corrected chi connectivity index (χ2v) is 7.30. The average molecular weight is 337 g/mol. The van der Waals surface area contributed by atoms with E-state index in [2.05, 4.69) is 80.0 Å². The van der Waals surface area contributed by atoms with Crippen LogP contribution in [0.2, 0.25) is 0 Å². The predicted octanol–water partition coefficient (Wildman–Crippen LogP) is 5.20. The number of rotatable bonds is 6. The monoisotopic (exact) mass is 336 g/mol. The molecule has 1 unspecified atom stereocenters. The Bertz CT molecular complexity index is 793. The van der Waals surface area contributed by atoms with E-state index in [1.54, 1.807) is 11.3 Å². The summed E-state index contributed by atoms with van der Waals surface area (Å²) in [6, 6.07) is 17.5. The normalized spacial score (nSPS) is 12.3. The zero-order chi connectivity index (χ0) is 16.9. The van der Waals surface area contributed by atoms with E-state index < -0.39 is 0 Å². The molecule has 0 radical (unpaired) electrons. The molecule has 1 aromatic heterocycles. The lowest BCUT2D eigenvalue weighted by atomic mass is 10.00. The molecule has 0 bridgehead atoms. The molecular formula is C21H24N2S. The quantitative estimate of drug-likeness (QED) is 0.669. The topological polar surface area (TPSA) is 24.9 Å². The molecular weight excluding hydrogens is 312 g/mol. The Balaban J connectivity index is 1.60. The van der Waals surface area contributed by atoms with Gasteiger partial charge in [0, 0.05) is 24.4 Å². The van der Waals surface area contributed by atoms with Gasteiger partial charge in [-0.05, 0) is 37.5 Å². The van der Waals surface area contributed by atoms with Crippen molar-refractivity contribution in [2.24, 2.45) is 0 Å². The number of hydrogen-bond donors (Lipinski definition) is 1. The Morgan fingerprint density at radius 2 is 1.88 bits per heavy atom. The minimum absolute atomic E-state index is 0.323. The van der Waals surface area contributed by atoms with Gasteiger partial charge >= 0.3 is 0 Å². The highest BCUT2D eigenvalue weighted by Gasteiger charge is 2.10. The maximum absolute atomic E-state index is 4.77. The van der Waals surface area contributed by atoms with Crippen LogP contribution in [0.25, 0.3) is 0 Å². The van der Waals surface area contributed by atoms with Gasteiger partial charge in [0.25, 0.3) is 0 Å². The number of nitrogens with zero attached hydrogens (tertiary/aromatic N) is 1. The van der Waals surface area contributed by atoms with Gasteiger partial charge in [-0.2, -0.15) is 0 Å². The Labute approximate surface area is 148 Å². The lowest BCUT2D eigenvalue weighted by Gasteiger charge is -2.16. The van der Waals surface area contributed by atoms with Gasteiger partial charge in [-0.1, -0.05) is 54.1 Å². The lowest BCUT2D eigenvalue weighted by Crippen LogP contribution is -2.19. The molecule has 0 aliphatic heterocycles. The third kappa shape index (κ3) is 4.31. The van der Waals surface area contributed by atoms with Crippen LogP contribution in [0.5, 0.6) is 0 Å². The fraction of sp³-hybridized carbons (Fsp3) is 0.286. The lowest BCUT2D eigenvalue weighted by molar-refractivity contribution is 0.566. The van der Waals surface area contributed by atoms with Gasteiger partial charge < -0.3 is 5.32 Å². The van der Waals surface area contributed by atoms with Gasteiger partial charge in [0.15, 0.2) is 0 Å². The maximum Gasteiger partial charge on any atom is 0.0972 e. The molecule has 0 aliphatic rings. The Morgan fingerprint density at radius 3 is 2.67 bits per heavy atom. The minimum Gasteiger partial charge on any atom is -0.305 e. The van der Waals surface area contributed by atoms with Crippen LogP contribution in [0, 0.1) is 13.8 Å². The van der Waals surface area contributed by atoms with Crippen LogP contribution < -0.4 is 5.32 Å². The van der Waals surface area contributed by atoms with Crippen LogP contribution in [0.3, 0.4) is 0 Å². The summed E-state index contributed by atoms with van der Waals surface area (Å²) < 4.78 is 0. The minimum atomic E-state index is 0.323. The Morgan fingerprint density at radius 1 is 1.08 bits per heavy atom. The van der Waals surface area contributed by atoms with Crippen LogP contribution in [-0.2, 0) is 13.0 Å². The molecule has 1 heterocycles. The number of thiazole rings is 1. The molecule has 1 atom stereocenters. The van der Waals surface area contributed by atoms with Crippen LogP contribution in [0.1, 0.15) is 45.9 Å². The highest BCUT2D eigenvalue weighted by molar-refractivity contribution is 7.09. The molecule has 0 spiro atoms. The van der Waals surface area contributed by atoms with Crippen molar-refractivity contribution in [2.45, 2.75) is 39.8 Å². The predicted molar refractivity (Wildman–Crippen MR) is 103 cm³/mol. The van der Waals surface area contributed by atoms with E-state index in [4.69, 9.17) is 4.98 Å². The standard InChI is InChI=1S/C21H24N2S/c1-15-9-10-16(2)20(11-15)17(3)22-13-19-14-24-21(23-19)12-18-7-5-4-6-8-18/h4-11,14,17,22H,12-13H2,1-3H3. The first-order valence-electron chi connectivity index (χ1n) is 8.39. The van der Waals surface area contributed by atoms with Gasteiger partial charge in [0.05, 0.1) is 10.7 Å². The second-order valence-electron chi connectivity index (χ2n) is 6.36. The zero-order valence-corrected chi connectivity index (χ0v) is 15.4. The molecule has 24 heavy (non-hydrogen) atoms. The summed E-state index contributed by atoms with van der Waals surface area (Å²) >= 11 is 1.75. The molecule has 3 aromatic rings. The summed E-state index contributed by atoms with van der Waals surface area (Å²) in [5, 5.41) is 6.95. The van der Waals surface area contributed by atoms with Crippen LogP contribution in [0.15, 0.2) is 53.9 Å². The van der Waals surface area contributed by atoms with Crippen LogP contribution >= 0.6 is 11.3 Å². The summed E-state index contributed by atoms with van der Waals surface area (Å²) in [5.41, 5.74) is 6.46. The summed E-state index contributed by atoms with van der Waals surface area (Å²) in [4.78, 5) is 4.77. The third-order valence-electron chi connectivity index (χ3n) is 4.29. The van der Waals surface area contributed by atoms with Gasteiger partial charge in [-0.15, -0.1) is 11.3 Å². The van der Waals surface area contributed by atoms with Gasteiger partial charge in [-0.25, -0.2) is 4.98 Å². The van der Waals surface area contributed by atoms with E-state index in [0.717, 1.165) is 18.7 Å². The fourth-order valence-corrected chi connectivity index (χ4v) is 3.70.